The molecule has 2 aliphatic carbocycles. The molecule has 0 N–H and O–H groups in total. The Balaban J connectivity index is 1.36. The molecule has 0 spiro atoms. The number of hydrogen-bond donors (Lipinski definition) is 0. The van der Waals surface area contributed by atoms with Crippen LogP contribution in [0.25, 0.3) is 66.8 Å². The monoisotopic (exact) mass is 725 g/mol. The van der Waals surface area contributed by atoms with Crippen LogP contribution in [-0.2, 0) is 12.8 Å². The number of anilines is 3. The molecule has 0 unspecified atom stereocenters. The molecular formula is C56H39N. The van der Waals surface area contributed by atoms with Crippen molar-refractivity contribution in [2.75, 3.05) is 4.90 Å². The van der Waals surface area contributed by atoms with Gasteiger partial charge in [0.15, 0.2) is 0 Å². The average Bonchev–Trinajstić information content (AvgIpc) is 3.86. The molecule has 0 bridgehead atoms. The molecule has 0 fully saturated rings. The lowest BCUT2D eigenvalue weighted by atomic mass is 9.84. The Labute approximate surface area is 334 Å². The second-order valence-electron chi connectivity index (χ2n) is 15.2. The number of benzene rings is 9. The minimum Gasteiger partial charge on any atom is -0.309 e. The van der Waals surface area contributed by atoms with Crippen molar-refractivity contribution in [2.45, 2.75) is 12.8 Å². The van der Waals surface area contributed by atoms with Gasteiger partial charge in [0.1, 0.15) is 0 Å². The molecule has 57 heavy (non-hydrogen) atoms. The van der Waals surface area contributed by atoms with Gasteiger partial charge in [-0.15, -0.1) is 0 Å². The van der Waals surface area contributed by atoms with Gasteiger partial charge in [0, 0.05) is 29.7 Å². The third kappa shape index (κ3) is 5.54. The fourth-order valence-electron chi connectivity index (χ4n) is 9.44. The summed E-state index contributed by atoms with van der Waals surface area (Å²) in [6.45, 7) is 0. The molecule has 9 aromatic rings. The predicted molar refractivity (Wildman–Crippen MR) is 239 cm³/mol. The zero-order valence-corrected chi connectivity index (χ0v) is 31.6. The van der Waals surface area contributed by atoms with E-state index in [4.69, 9.17) is 0 Å². The van der Waals surface area contributed by atoms with Crippen molar-refractivity contribution in [1.29, 1.82) is 0 Å². The van der Waals surface area contributed by atoms with Gasteiger partial charge in [-0.3, -0.25) is 0 Å². The Morgan fingerprint density at radius 2 is 0.614 bits per heavy atom. The quantitative estimate of drug-likeness (QED) is 0.158. The number of para-hydroxylation sites is 1. The van der Waals surface area contributed by atoms with Crippen molar-refractivity contribution in [3.05, 3.63) is 235 Å². The fourth-order valence-corrected chi connectivity index (χ4v) is 9.44. The highest BCUT2D eigenvalue weighted by Crippen LogP contribution is 2.58. The van der Waals surface area contributed by atoms with Crippen molar-refractivity contribution in [2.24, 2.45) is 0 Å². The number of rotatable bonds is 7. The predicted octanol–water partition coefficient (Wildman–Crippen LogP) is 15.0. The Morgan fingerprint density at radius 1 is 0.281 bits per heavy atom. The van der Waals surface area contributed by atoms with Crippen LogP contribution in [0.4, 0.5) is 17.1 Å². The van der Waals surface area contributed by atoms with Gasteiger partial charge in [0.25, 0.3) is 0 Å². The molecule has 0 atom stereocenters. The van der Waals surface area contributed by atoms with Crippen LogP contribution in [0.3, 0.4) is 0 Å². The van der Waals surface area contributed by atoms with Crippen molar-refractivity contribution >= 4 is 17.1 Å². The van der Waals surface area contributed by atoms with Crippen molar-refractivity contribution in [1.82, 2.24) is 0 Å². The summed E-state index contributed by atoms with van der Waals surface area (Å²) in [5.41, 5.74) is 24.1. The molecule has 268 valence electrons. The summed E-state index contributed by atoms with van der Waals surface area (Å²) >= 11 is 0. The summed E-state index contributed by atoms with van der Waals surface area (Å²) in [4.78, 5) is 2.67. The first-order valence-corrected chi connectivity index (χ1v) is 19.9. The molecule has 0 aromatic heterocycles. The van der Waals surface area contributed by atoms with Gasteiger partial charge in [0.2, 0.25) is 0 Å². The zero-order valence-electron chi connectivity index (χ0n) is 31.6. The lowest BCUT2D eigenvalue weighted by molar-refractivity contribution is 1.17. The molecule has 1 heteroatoms. The van der Waals surface area contributed by atoms with Crippen LogP contribution >= 0.6 is 0 Å². The van der Waals surface area contributed by atoms with Crippen LogP contribution in [-0.4, -0.2) is 0 Å². The van der Waals surface area contributed by atoms with Gasteiger partial charge in [-0.1, -0.05) is 188 Å². The molecule has 2 aliphatic rings. The Morgan fingerprint density at radius 3 is 1.02 bits per heavy atom. The van der Waals surface area contributed by atoms with E-state index >= 15 is 0 Å². The maximum absolute atomic E-state index is 2.67. The molecule has 11 rings (SSSR count). The van der Waals surface area contributed by atoms with Crippen LogP contribution in [0, 0.1) is 0 Å². The normalized spacial score (nSPS) is 12.1. The van der Waals surface area contributed by atoms with Gasteiger partial charge in [0.05, 0.1) is 11.4 Å². The topological polar surface area (TPSA) is 3.24 Å². The van der Waals surface area contributed by atoms with Gasteiger partial charge in [-0.2, -0.15) is 0 Å². The lowest BCUT2D eigenvalue weighted by Gasteiger charge is -2.35. The highest BCUT2D eigenvalue weighted by molar-refractivity contribution is 6.09. The van der Waals surface area contributed by atoms with Crippen molar-refractivity contribution in [3.63, 3.8) is 0 Å². The minimum absolute atomic E-state index is 0.848. The third-order valence-electron chi connectivity index (χ3n) is 11.9. The first kappa shape index (κ1) is 33.1. The standard InChI is InChI=1S/C56H39N/c1-6-20-38(21-7-1)47-36-49-45-32-18-16-28-42(45)34-51(49)55(53(47)40-24-10-3-11-25-40)57(44-30-14-5-15-31-44)56-52-35-43-29-17-19-33-46(43)50(52)37-48(39-22-8-2-9-23-39)54(56)41-26-12-4-13-27-41/h1-33,36-37H,34-35H2. The smallest absolute Gasteiger partial charge is 0.0588 e. The highest BCUT2D eigenvalue weighted by Gasteiger charge is 2.36. The number of nitrogens with zero attached hydrogens (tertiary/aromatic N) is 1. The molecular weight excluding hydrogens is 687 g/mol. The van der Waals surface area contributed by atoms with E-state index in [0.717, 1.165) is 18.5 Å². The summed E-state index contributed by atoms with van der Waals surface area (Å²) in [5.74, 6) is 0. The van der Waals surface area contributed by atoms with E-state index in [9.17, 15) is 0 Å². The van der Waals surface area contributed by atoms with Crippen LogP contribution in [0.5, 0.6) is 0 Å². The Kier molecular flexibility index (Phi) is 8.03. The summed E-state index contributed by atoms with van der Waals surface area (Å²) in [5, 5.41) is 0. The largest absolute Gasteiger partial charge is 0.309 e. The van der Waals surface area contributed by atoms with Gasteiger partial charge in [-0.25, -0.2) is 0 Å². The maximum Gasteiger partial charge on any atom is 0.0588 e. The molecule has 0 saturated heterocycles. The average molecular weight is 726 g/mol. The third-order valence-corrected chi connectivity index (χ3v) is 11.9. The van der Waals surface area contributed by atoms with E-state index in [1.807, 2.05) is 0 Å². The summed E-state index contributed by atoms with van der Waals surface area (Å²) < 4.78 is 0. The first-order valence-electron chi connectivity index (χ1n) is 19.9. The molecule has 0 heterocycles. The van der Waals surface area contributed by atoms with Crippen LogP contribution in [0.2, 0.25) is 0 Å². The van der Waals surface area contributed by atoms with E-state index in [-0.39, 0.29) is 0 Å². The second kappa shape index (κ2) is 13.8. The van der Waals surface area contributed by atoms with Crippen molar-refractivity contribution < 1.29 is 0 Å². The Bertz CT molecular complexity index is 2730. The molecule has 0 radical (unpaired) electrons. The van der Waals surface area contributed by atoms with E-state index in [1.165, 1.54) is 100 Å². The SMILES string of the molecule is c1ccc(-c2cc3c(c(N(c4ccccc4)c4c5c(cc(-c6ccccc6)c4-c4ccccc4)-c4ccccc4C5)c2-c2ccccc2)Cc2ccccc2-3)cc1. The Hall–Kier alpha value is -7.22. The van der Waals surface area contributed by atoms with E-state index in [2.05, 4.69) is 217 Å². The number of hydrogen-bond acceptors (Lipinski definition) is 1. The molecule has 0 saturated carbocycles. The van der Waals surface area contributed by atoms with Gasteiger partial charge < -0.3 is 4.90 Å². The maximum atomic E-state index is 2.67. The molecule has 0 aliphatic heterocycles. The molecule has 0 amide bonds. The summed E-state index contributed by atoms with van der Waals surface area (Å²) in [7, 11) is 0. The molecule has 9 aromatic carbocycles. The fraction of sp³-hybridized carbons (Fsp3) is 0.0357. The van der Waals surface area contributed by atoms with E-state index in [0.29, 0.717) is 0 Å². The molecule has 1 nitrogen and oxygen atoms in total. The van der Waals surface area contributed by atoms with E-state index in [1.54, 1.807) is 0 Å². The first-order chi connectivity index (χ1) is 28.3. The van der Waals surface area contributed by atoms with Crippen LogP contribution in [0.15, 0.2) is 212 Å². The minimum atomic E-state index is 0.848. The van der Waals surface area contributed by atoms with Crippen molar-refractivity contribution in [3.8, 4) is 66.8 Å². The number of fused-ring (bicyclic) bond motifs is 6. The zero-order chi connectivity index (χ0) is 37.7. The van der Waals surface area contributed by atoms with Crippen LogP contribution < -0.4 is 4.90 Å². The summed E-state index contributed by atoms with van der Waals surface area (Å²) in [6, 6.07) is 78.3. The van der Waals surface area contributed by atoms with Gasteiger partial charge in [-0.05, 0) is 102 Å². The van der Waals surface area contributed by atoms with Gasteiger partial charge >= 0.3 is 0 Å². The van der Waals surface area contributed by atoms with Crippen LogP contribution in [0.1, 0.15) is 22.3 Å². The lowest BCUT2D eigenvalue weighted by Crippen LogP contribution is -2.17. The van der Waals surface area contributed by atoms with E-state index < -0.39 is 0 Å². The second-order valence-corrected chi connectivity index (χ2v) is 15.2. The highest BCUT2D eigenvalue weighted by atomic mass is 15.2. The summed E-state index contributed by atoms with van der Waals surface area (Å²) in [6.07, 6.45) is 1.70.